The molecule has 3 heteroatoms. The van der Waals surface area contributed by atoms with E-state index in [4.69, 9.17) is 0 Å². The minimum Gasteiger partial charge on any atom is -0.245 e. The van der Waals surface area contributed by atoms with Gasteiger partial charge >= 0.3 is 0 Å². The average molecular weight is 284 g/mol. The summed E-state index contributed by atoms with van der Waals surface area (Å²) in [4.78, 5) is 10.2. The zero-order chi connectivity index (χ0) is 14.8. The van der Waals surface area contributed by atoms with E-state index in [9.17, 15) is 0 Å². The van der Waals surface area contributed by atoms with Crippen LogP contribution in [0.25, 0.3) is 0 Å². The van der Waals surface area contributed by atoms with Crippen LogP contribution in [0.15, 0.2) is 71.9 Å². The molecule has 0 spiro atoms. The Balaban J connectivity index is 0.000000246. The van der Waals surface area contributed by atoms with Gasteiger partial charge in [0.15, 0.2) is 0 Å². The normalized spacial score (nSPS) is 9.30. The van der Waals surface area contributed by atoms with Crippen molar-refractivity contribution in [3.63, 3.8) is 0 Å². The van der Waals surface area contributed by atoms with Crippen molar-refractivity contribution in [3.8, 4) is 0 Å². The van der Waals surface area contributed by atoms with Crippen molar-refractivity contribution in [2.45, 2.75) is 20.3 Å². The van der Waals surface area contributed by atoms with Gasteiger partial charge in [-0.05, 0) is 35.3 Å². The highest BCUT2D eigenvalue weighted by molar-refractivity contribution is 8.06. The lowest BCUT2D eigenvalue weighted by molar-refractivity contribution is 1.03. The van der Waals surface area contributed by atoms with E-state index >= 15 is 0 Å². The minimum absolute atomic E-state index is 0.878. The van der Waals surface area contributed by atoms with Gasteiger partial charge in [0.05, 0.1) is 0 Å². The molecule has 0 unspecified atom stereocenters. The van der Waals surface area contributed by atoms with Crippen molar-refractivity contribution >= 4 is 11.8 Å². The van der Waals surface area contributed by atoms with Crippen LogP contribution in [0.4, 0.5) is 0 Å². The van der Waals surface area contributed by atoms with Crippen LogP contribution in [-0.4, -0.2) is 9.97 Å². The third kappa shape index (κ3) is 7.54. The molecule has 2 nitrogen and oxygen atoms in total. The molecule has 2 rings (SSSR count). The molecule has 0 aliphatic heterocycles. The van der Waals surface area contributed by atoms with Crippen LogP contribution in [0.3, 0.4) is 0 Å². The predicted octanol–water partition coefficient (Wildman–Crippen LogP) is 4.85. The van der Waals surface area contributed by atoms with Crippen LogP contribution >= 0.6 is 11.8 Å². The summed E-state index contributed by atoms with van der Waals surface area (Å²) in [5.41, 5.74) is 2.34. The Bertz CT molecular complexity index is 486. The van der Waals surface area contributed by atoms with Gasteiger partial charge in [0.2, 0.25) is 0 Å². The van der Waals surface area contributed by atoms with Gasteiger partial charge in [-0.1, -0.05) is 43.5 Å². The third-order valence-electron chi connectivity index (χ3n) is 2.22. The number of thioether (sulfide) groups is 1. The van der Waals surface area contributed by atoms with Gasteiger partial charge in [-0.3, -0.25) is 0 Å². The molecule has 0 aliphatic carbocycles. The number of allylic oxidation sites excluding steroid dienone is 2. The molecular formula is C17H20N2S. The average Bonchev–Trinajstić information content (AvgIpc) is 2.40. The molecule has 20 heavy (non-hydrogen) atoms. The van der Waals surface area contributed by atoms with E-state index in [1.807, 2.05) is 38.1 Å². The maximum Gasteiger partial charge on any atom is 0.115 e. The van der Waals surface area contributed by atoms with E-state index in [-0.39, 0.29) is 0 Å². The molecule has 0 radical (unpaired) electrons. The van der Waals surface area contributed by atoms with Crippen LogP contribution in [0.2, 0.25) is 0 Å². The van der Waals surface area contributed by atoms with Crippen LogP contribution in [0, 0.1) is 0 Å². The maximum atomic E-state index is 4.16. The summed E-state index contributed by atoms with van der Waals surface area (Å²) in [6.45, 7) is 11.3. The Morgan fingerprint density at radius 2 is 1.70 bits per heavy atom. The Hall–Kier alpha value is -1.87. The molecular weight excluding hydrogens is 264 g/mol. The second-order valence-corrected chi connectivity index (χ2v) is 5.97. The molecule has 1 aromatic carbocycles. The summed E-state index contributed by atoms with van der Waals surface area (Å²) in [6.07, 6.45) is 4.23. The van der Waals surface area contributed by atoms with E-state index in [1.54, 1.807) is 24.3 Å². The van der Waals surface area contributed by atoms with Gasteiger partial charge in [-0.15, -0.1) is 11.8 Å². The standard InChI is InChI=1S/C11H10N2.C6H10S/c1-2-4-10(5-3-1)8-11-6-7-12-9-13-11;1-5(2)7-6(3)4/h1-7,9H,8H2;1,3H2,2,4H3. The fraction of sp³-hybridized carbons (Fsp3) is 0.176. The molecule has 0 saturated carbocycles. The van der Waals surface area contributed by atoms with Gasteiger partial charge in [0.25, 0.3) is 0 Å². The maximum absolute atomic E-state index is 4.16. The van der Waals surface area contributed by atoms with Crippen LogP contribution in [0.5, 0.6) is 0 Å². The number of aromatic nitrogens is 2. The van der Waals surface area contributed by atoms with Crippen molar-refractivity contribution in [2.24, 2.45) is 0 Å². The fourth-order valence-electron chi connectivity index (χ4n) is 1.53. The number of hydrogen-bond donors (Lipinski definition) is 0. The second kappa shape index (κ2) is 9.10. The molecule has 0 fully saturated rings. The number of benzene rings is 1. The van der Waals surface area contributed by atoms with Crippen molar-refractivity contribution < 1.29 is 0 Å². The third-order valence-corrected chi connectivity index (χ3v) is 2.92. The van der Waals surface area contributed by atoms with E-state index in [0.717, 1.165) is 21.9 Å². The molecule has 0 aliphatic rings. The summed E-state index contributed by atoms with van der Waals surface area (Å²) >= 11 is 1.62. The van der Waals surface area contributed by atoms with Gasteiger partial charge in [-0.25, -0.2) is 9.97 Å². The highest BCUT2D eigenvalue weighted by atomic mass is 32.2. The lowest BCUT2D eigenvalue weighted by Gasteiger charge is -1.98. The monoisotopic (exact) mass is 284 g/mol. The second-order valence-electron chi connectivity index (χ2n) is 4.37. The van der Waals surface area contributed by atoms with Crippen molar-refractivity contribution in [1.29, 1.82) is 0 Å². The Morgan fingerprint density at radius 1 is 1.05 bits per heavy atom. The van der Waals surface area contributed by atoms with Crippen LogP contribution in [0.1, 0.15) is 25.1 Å². The SMILES string of the molecule is C=C(C)SC(=C)C.c1ccc(Cc2ccncn2)cc1. The van der Waals surface area contributed by atoms with Crippen LogP contribution in [-0.2, 0) is 6.42 Å². The molecule has 0 saturated heterocycles. The fourth-order valence-corrected chi connectivity index (χ4v) is 2.12. The predicted molar refractivity (Wildman–Crippen MR) is 88.5 cm³/mol. The van der Waals surface area contributed by atoms with Crippen molar-refractivity contribution in [3.05, 3.63) is 83.1 Å². The summed E-state index contributed by atoms with van der Waals surface area (Å²) in [5.74, 6) is 0. The highest BCUT2D eigenvalue weighted by Gasteiger charge is 1.94. The van der Waals surface area contributed by atoms with E-state index in [1.165, 1.54) is 5.56 Å². The Kier molecular flexibility index (Phi) is 7.36. The molecule has 104 valence electrons. The Labute approximate surface area is 125 Å². The summed E-state index contributed by atoms with van der Waals surface area (Å²) in [6, 6.07) is 12.2. The van der Waals surface area contributed by atoms with E-state index in [0.29, 0.717) is 0 Å². The highest BCUT2D eigenvalue weighted by Crippen LogP contribution is 2.19. The summed E-state index contributed by atoms with van der Waals surface area (Å²) < 4.78 is 0. The first-order valence-corrected chi connectivity index (χ1v) is 7.17. The molecule has 1 aromatic heterocycles. The minimum atomic E-state index is 0.878. The molecule has 1 heterocycles. The number of rotatable bonds is 4. The van der Waals surface area contributed by atoms with Crippen molar-refractivity contribution in [1.82, 2.24) is 9.97 Å². The quantitative estimate of drug-likeness (QED) is 0.802. The molecule has 0 bridgehead atoms. The van der Waals surface area contributed by atoms with Gasteiger partial charge < -0.3 is 0 Å². The van der Waals surface area contributed by atoms with E-state index < -0.39 is 0 Å². The lowest BCUT2D eigenvalue weighted by Crippen LogP contribution is -1.91. The van der Waals surface area contributed by atoms with Gasteiger partial charge in [0, 0.05) is 18.3 Å². The van der Waals surface area contributed by atoms with Crippen molar-refractivity contribution in [2.75, 3.05) is 0 Å². The zero-order valence-electron chi connectivity index (χ0n) is 12.0. The topological polar surface area (TPSA) is 25.8 Å². The summed E-state index contributed by atoms with van der Waals surface area (Å²) in [7, 11) is 0. The van der Waals surface area contributed by atoms with Gasteiger partial charge in [-0.2, -0.15) is 0 Å². The first kappa shape index (κ1) is 16.2. The molecule has 0 amide bonds. The smallest absolute Gasteiger partial charge is 0.115 e. The molecule has 2 aromatic rings. The lowest BCUT2D eigenvalue weighted by atomic mass is 10.1. The first-order valence-electron chi connectivity index (χ1n) is 6.35. The Morgan fingerprint density at radius 3 is 2.15 bits per heavy atom. The van der Waals surface area contributed by atoms with E-state index in [2.05, 4.69) is 35.3 Å². The molecule has 0 atom stereocenters. The summed E-state index contributed by atoms with van der Waals surface area (Å²) in [5, 5.41) is 0. The van der Waals surface area contributed by atoms with Crippen LogP contribution < -0.4 is 0 Å². The number of hydrogen-bond acceptors (Lipinski definition) is 3. The van der Waals surface area contributed by atoms with Gasteiger partial charge in [0.1, 0.15) is 6.33 Å². The largest absolute Gasteiger partial charge is 0.245 e. The molecule has 0 N–H and O–H groups in total. The number of nitrogens with zero attached hydrogens (tertiary/aromatic N) is 2. The zero-order valence-corrected chi connectivity index (χ0v) is 12.9. The first-order chi connectivity index (χ1) is 9.58.